The van der Waals surface area contributed by atoms with Crippen molar-refractivity contribution < 1.29 is 27.1 Å². The molecular weight excluding hydrogens is 497 g/mol. The lowest BCUT2D eigenvalue weighted by Gasteiger charge is -2.36. The van der Waals surface area contributed by atoms with E-state index in [2.05, 4.69) is 17.0 Å². The molecule has 3 aromatic rings. The summed E-state index contributed by atoms with van der Waals surface area (Å²) in [6.07, 6.45) is 0. The first-order valence-corrected chi connectivity index (χ1v) is 13.6. The number of nitrogens with zero attached hydrogens (tertiary/aromatic N) is 3. The Morgan fingerprint density at radius 2 is 1.59 bits per heavy atom. The topological polar surface area (TPSA) is 79.4 Å². The minimum atomic E-state index is -4.22. The molecule has 1 fully saturated rings. The van der Waals surface area contributed by atoms with Crippen molar-refractivity contribution >= 4 is 21.6 Å². The predicted molar refractivity (Wildman–Crippen MR) is 137 cm³/mol. The van der Waals surface area contributed by atoms with Crippen molar-refractivity contribution in [2.45, 2.75) is 11.4 Å². The van der Waals surface area contributed by atoms with E-state index in [-0.39, 0.29) is 16.5 Å². The van der Waals surface area contributed by atoms with E-state index in [1.54, 1.807) is 4.90 Å². The van der Waals surface area contributed by atoms with Crippen LogP contribution in [0.25, 0.3) is 0 Å². The van der Waals surface area contributed by atoms with Gasteiger partial charge in [-0.25, -0.2) is 12.8 Å². The SMILES string of the molecule is O=C(CN(c1cccc(F)c1)S(=O)(=O)c1ccc2c(c1)OCCO2)N1CCN(Cc2ccccc2)CC1. The molecule has 0 saturated carbocycles. The summed E-state index contributed by atoms with van der Waals surface area (Å²) in [6, 6.07) is 19.7. The molecule has 8 nitrogen and oxygen atoms in total. The molecule has 2 aliphatic heterocycles. The predicted octanol–water partition coefficient (Wildman–Crippen LogP) is 3.14. The van der Waals surface area contributed by atoms with Crippen LogP contribution in [0.15, 0.2) is 77.7 Å². The maximum atomic E-state index is 14.1. The summed E-state index contributed by atoms with van der Waals surface area (Å²) >= 11 is 0. The zero-order valence-electron chi connectivity index (χ0n) is 20.3. The van der Waals surface area contributed by atoms with Crippen LogP contribution in [0, 0.1) is 5.82 Å². The van der Waals surface area contributed by atoms with Crippen molar-refractivity contribution in [3.63, 3.8) is 0 Å². The fraction of sp³-hybridized carbons (Fsp3) is 0.296. The highest BCUT2D eigenvalue weighted by Gasteiger charge is 2.31. The van der Waals surface area contributed by atoms with Gasteiger partial charge < -0.3 is 14.4 Å². The Hall–Kier alpha value is -3.63. The number of carbonyl (C=O) groups excluding carboxylic acids is 1. The molecule has 37 heavy (non-hydrogen) atoms. The third-order valence-corrected chi connectivity index (χ3v) is 8.22. The number of anilines is 1. The van der Waals surface area contributed by atoms with E-state index in [4.69, 9.17) is 9.47 Å². The molecule has 194 valence electrons. The van der Waals surface area contributed by atoms with Gasteiger partial charge in [0.2, 0.25) is 5.91 Å². The van der Waals surface area contributed by atoms with Gasteiger partial charge in [-0.3, -0.25) is 14.0 Å². The van der Waals surface area contributed by atoms with Crippen LogP contribution in [-0.2, 0) is 21.4 Å². The van der Waals surface area contributed by atoms with Gasteiger partial charge in [0.1, 0.15) is 25.6 Å². The molecule has 0 aliphatic carbocycles. The molecule has 0 atom stereocenters. The fourth-order valence-electron chi connectivity index (χ4n) is 4.48. The van der Waals surface area contributed by atoms with Gasteiger partial charge >= 0.3 is 0 Å². The second-order valence-electron chi connectivity index (χ2n) is 8.94. The Labute approximate surface area is 215 Å². The standard InChI is InChI=1S/C27H28FN3O5S/c28-22-7-4-8-23(17-22)31(37(33,34)24-9-10-25-26(18-24)36-16-15-35-25)20-27(32)30-13-11-29(12-14-30)19-21-5-2-1-3-6-21/h1-10,17-18H,11-16,19-20H2. The van der Waals surface area contributed by atoms with Crippen LogP contribution in [0.3, 0.4) is 0 Å². The maximum Gasteiger partial charge on any atom is 0.264 e. The van der Waals surface area contributed by atoms with Crippen molar-refractivity contribution in [1.29, 1.82) is 0 Å². The van der Waals surface area contributed by atoms with Crippen LogP contribution in [0.2, 0.25) is 0 Å². The first-order chi connectivity index (χ1) is 17.9. The lowest BCUT2D eigenvalue weighted by atomic mass is 10.2. The molecule has 1 saturated heterocycles. The zero-order valence-corrected chi connectivity index (χ0v) is 21.1. The zero-order chi connectivity index (χ0) is 25.8. The average molecular weight is 526 g/mol. The molecular formula is C27H28FN3O5S. The van der Waals surface area contributed by atoms with Gasteiger partial charge in [-0.15, -0.1) is 0 Å². The maximum absolute atomic E-state index is 14.1. The number of hydrogen-bond acceptors (Lipinski definition) is 6. The van der Waals surface area contributed by atoms with Crippen LogP contribution in [0.4, 0.5) is 10.1 Å². The number of fused-ring (bicyclic) bond motifs is 1. The van der Waals surface area contributed by atoms with E-state index in [0.29, 0.717) is 50.9 Å². The Kier molecular flexibility index (Phi) is 7.29. The number of ether oxygens (including phenoxy) is 2. The van der Waals surface area contributed by atoms with Crippen molar-refractivity contribution in [3.8, 4) is 11.5 Å². The van der Waals surface area contributed by atoms with Crippen LogP contribution in [0.5, 0.6) is 11.5 Å². The number of amides is 1. The third kappa shape index (κ3) is 5.70. The molecule has 0 N–H and O–H groups in total. The number of rotatable bonds is 7. The van der Waals surface area contributed by atoms with Gasteiger partial charge in [-0.05, 0) is 35.9 Å². The Balaban J connectivity index is 1.34. The van der Waals surface area contributed by atoms with E-state index >= 15 is 0 Å². The molecule has 5 rings (SSSR count). The quantitative estimate of drug-likeness (QED) is 0.472. The number of piperazine rings is 1. The lowest BCUT2D eigenvalue weighted by Crippen LogP contribution is -2.51. The fourth-order valence-corrected chi connectivity index (χ4v) is 5.90. The largest absolute Gasteiger partial charge is 0.486 e. The molecule has 2 aliphatic rings. The van der Waals surface area contributed by atoms with E-state index < -0.39 is 22.4 Å². The van der Waals surface area contributed by atoms with Gasteiger partial charge in [0.05, 0.1) is 10.6 Å². The molecule has 2 heterocycles. The van der Waals surface area contributed by atoms with Gasteiger partial charge in [0.25, 0.3) is 10.0 Å². The average Bonchev–Trinajstić information content (AvgIpc) is 2.92. The lowest BCUT2D eigenvalue weighted by molar-refractivity contribution is -0.131. The monoisotopic (exact) mass is 525 g/mol. The summed E-state index contributed by atoms with van der Waals surface area (Å²) in [5.74, 6) is -0.175. The number of halogens is 1. The molecule has 1 amide bonds. The molecule has 10 heteroatoms. The normalized spacial score (nSPS) is 15.9. The second-order valence-corrected chi connectivity index (χ2v) is 10.8. The highest BCUT2D eigenvalue weighted by atomic mass is 32.2. The van der Waals surface area contributed by atoms with E-state index in [0.717, 1.165) is 16.9 Å². The minimum absolute atomic E-state index is 0.0681. The van der Waals surface area contributed by atoms with E-state index in [1.165, 1.54) is 42.0 Å². The Morgan fingerprint density at radius 3 is 2.32 bits per heavy atom. The van der Waals surface area contributed by atoms with Gasteiger partial charge in [0.15, 0.2) is 11.5 Å². The first kappa shape index (κ1) is 25.0. The van der Waals surface area contributed by atoms with Crippen molar-refractivity contribution in [3.05, 3.63) is 84.2 Å². The number of hydrogen-bond donors (Lipinski definition) is 0. The highest BCUT2D eigenvalue weighted by molar-refractivity contribution is 7.92. The van der Waals surface area contributed by atoms with E-state index in [1.807, 2.05) is 18.2 Å². The van der Waals surface area contributed by atoms with Gasteiger partial charge in [0, 0.05) is 38.8 Å². The molecule has 0 unspecified atom stereocenters. The van der Waals surface area contributed by atoms with Gasteiger partial charge in [-0.1, -0.05) is 36.4 Å². The smallest absolute Gasteiger partial charge is 0.264 e. The highest BCUT2D eigenvalue weighted by Crippen LogP contribution is 2.34. The minimum Gasteiger partial charge on any atom is -0.486 e. The summed E-state index contributed by atoms with van der Waals surface area (Å²) < 4.78 is 53.6. The van der Waals surface area contributed by atoms with Crippen molar-refractivity contribution in [1.82, 2.24) is 9.80 Å². The number of carbonyl (C=O) groups is 1. The van der Waals surface area contributed by atoms with Gasteiger partial charge in [-0.2, -0.15) is 0 Å². The summed E-state index contributed by atoms with van der Waals surface area (Å²) in [5.41, 5.74) is 1.27. The summed E-state index contributed by atoms with van der Waals surface area (Å²) in [4.78, 5) is 17.2. The number of benzene rings is 3. The first-order valence-electron chi connectivity index (χ1n) is 12.1. The molecule has 0 spiro atoms. The summed E-state index contributed by atoms with van der Waals surface area (Å²) in [5, 5.41) is 0. The third-order valence-electron chi connectivity index (χ3n) is 6.45. The van der Waals surface area contributed by atoms with Crippen LogP contribution < -0.4 is 13.8 Å². The molecule has 3 aromatic carbocycles. The molecule has 0 aromatic heterocycles. The second kappa shape index (κ2) is 10.8. The Bertz CT molecular complexity index is 1360. The van der Waals surface area contributed by atoms with Crippen molar-refractivity contribution in [2.24, 2.45) is 0 Å². The molecule has 0 radical (unpaired) electrons. The van der Waals surface area contributed by atoms with Crippen LogP contribution in [0.1, 0.15) is 5.56 Å². The molecule has 0 bridgehead atoms. The van der Waals surface area contributed by atoms with E-state index in [9.17, 15) is 17.6 Å². The number of sulfonamides is 1. The van der Waals surface area contributed by atoms with Crippen LogP contribution in [-0.4, -0.2) is 70.1 Å². The van der Waals surface area contributed by atoms with Crippen molar-refractivity contribution in [2.75, 3.05) is 50.2 Å². The summed E-state index contributed by atoms with van der Waals surface area (Å²) in [7, 11) is -4.22. The summed E-state index contributed by atoms with van der Waals surface area (Å²) in [6.45, 7) is 3.33. The van der Waals surface area contributed by atoms with Crippen LogP contribution >= 0.6 is 0 Å². The Morgan fingerprint density at radius 1 is 0.865 bits per heavy atom.